The number of hydrogen-bond acceptors (Lipinski definition) is 4. The Kier molecular flexibility index (Phi) is 6.78. The van der Waals surface area contributed by atoms with E-state index in [1.165, 1.54) is 21.9 Å². The predicted octanol–water partition coefficient (Wildman–Crippen LogP) is 12.4. The van der Waals surface area contributed by atoms with E-state index in [4.69, 9.17) is 19.4 Å². The highest BCUT2D eigenvalue weighted by Crippen LogP contribution is 2.41. The van der Waals surface area contributed by atoms with Gasteiger partial charge in [-0.25, -0.2) is 15.0 Å². The first-order chi connectivity index (χ1) is 25.2. The van der Waals surface area contributed by atoms with Gasteiger partial charge in [0.1, 0.15) is 11.2 Å². The number of hydrogen-bond donors (Lipinski definition) is 0. The summed E-state index contributed by atoms with van der Waals surface area (Å²) in [6.45, 7) is 0. The van der Waals surface area contributed by atoms with Gasteiger partial charge in [0.25, 0.3) is 0 Å². The molecule has 0 spiro atoms. The van der Waals surface area contributed by atoms with Crippen LogP contribution in [0.3, 0.4) is 0 Å². The molecule has 2 aromatic heterocycles. The average Bonchev–Trinajstić information content (AvgIpc) is 3.59. The molecule has 8 aromatic carbocycles. The Hall–Kier alpha value is -6.91. The van der Waals surface area contributed by atoms with E-state index >= 15 is 0 Å². The minimum atomic E-state index is 0.595. The third-order valence-electron chi connectivity index (χ3n) is 9.69. The molecule has 0 aliphatic carbocycles. The standard InChI is InChI=1S/C47H29N3O/c1-3-12-30(13-4-1)34-18-11-19-35(26-34)41-29-43-44(39-21-10-9-20-38(39)41)40-25-24-37(28-42(40)51-43)47-49-45(32-15-5-2-6-16-32)48-46(50-47)36-23-22-31-14-7-8-17-33(31)27-36/h1-29H. The Morgan fingerprint density at radius 2 is 0.902 bits per heavy atom. The van der Waals surface area contributed by atoms with Crippen molar-refractivity contribution in [3.05, 3.63) is 176 Å². The maximum Gasteiger partial charge on any atom is 0.164 e. The van der Waals surface area contributed by atoms with Crippen molar-refractivity contribution in [2.45, 2.75) is 0 Å². The summed E-state index contributed by atoms with van der Waals surface area (Å²) in [6, 6.07) is 61.1. The van der Waals surface area contributed by atoms with Gasteiger partial charge in [0.2, 0.25) is 0 Å². The van der Waals surface area contributed by atoms with Crippen LogP contribution in [0.4, 0.5) is 0 Å². The van der Waals surface area contributed by atoms with E-state index in [0.717, 1.165) is 60.5 Å². The molecule has 0 saturated heterocycles. The monoisotopic (exact) mass is 651 g/mol. The molecule has 0 aliphatic heterocycles. The van der Waals surface area contributed by atoms with E-state index in [2.05, 4.69) is 146 Å². The zero-order chi connectivity index (χ0) is 33.7. The molecular weight excluding hydrogens is 623 g/mol. The molecule has 10 rings (SSSR count). The second-order valence-electron chi connectivity index (χ2n) is 12.8. The number of nitrogens with zero attached hydrogens (tertiary/aromatic N) is 3. The molecule has 51 heavy (non-hydrogen) atoms. The summed E-state index contributed by atoms with van der Waals surface area (Å²) in [4.78, 5) is 15.0. The molecule has 4 nitrogen and oxygen atoms in total. The number of fused-ring (bicyclic) bond motifs is 6. The predicted molar refractivity (Wildman–Crippen MR) is 209 cm³/mol. The topological polar surface area (TPSA) is 51.8 Å². The number of furan rings is 1. The van der Waals surface area contributed by atoms with Crippen LogP contribution in [0.5, 0.6) is 0 Å². The Balaban J connectivity index is 1.14. The molecule has 0 N–H and O–H groups in total. The van der Waals surface area contributed by atoms with Crippen LogP contribution >= 0.6 is 0 Å². The molecule has 238 valence electrons. The normalized spacial score (nSPS) is 11.5. The van der Waals surface area contributed by atoms with Gasteiger partial charge < -0.3 is 4.42 Å². The van der Waals surface area contributed by atoms with Gasteiger partial charge >= 0.3 is 0 Å². The summed E-state index contributed by atoms with van der Waals surface area (Å²) in [7, 11) is 0. The maximum absolute atomic E-state index is 6.71. The second kappa shape index (κ2) is 11.9. The molecular formula is C47H29N3O. The van der Waals surface area contributed by atoms with E-state index in [0.29, 0.717) is 17.5 Å². The largest absolute Gasteiger partial charge is 0.456 e. The van der Waals surface area contributed by atoms with Crippen LogP contribution in [-0.2, 0) is 0 Å². The summed E-state index contributed by atoms with van der Waals surface area (Å²) >= 11 is 0. The zero-order valence-corrected chi connectivity index (χ0v) is 27.5. The molecule has 0 amide bonds. The highest BCUT2D eigenvalue weighted by molar-refractivity contribution is 6.22. The van der Waals surface area contributed by atoms with Gasteiger partial charge in [-0.05, 0) is 74.1 Å². The third kappa shape index (κ3) is 5.13. The number of rotatable bonds is 5. The average molecular weight is 652 g/mol. The van der Waals surface area contributed by atoms with E-state index in [1.807, 2.05) is 30.3 Å². The lowest BCUT2D eigenvalue weighted by Crippen LogP contribution is -2.00. The van der Waals surface area contributed by atoms with Crippen molar-refractivity contribution in [2.24, 2.45) is 0 Å². The van der Waals surface area contributed by atoms with E-state index in [1.54, 1.807) is 0 Å². The highest BCUT2D eigenvalue weighted by Gasteiger charge is 2.18. The smallest absolute Gasteiger partial charge is 0.164 e. The van der Waals surface area contributed by atoms with E-state index in [-0.39, 0.29) is 0 Å². The Morgan fingerprint density at radius 3 is 1.69 bits per heavy atom. The first kappa shape index (κ1) is 29.0. The van der Waals surface area contributed by atoms with Crippen molar-refractivity contribution < 1.29 is 4.42 Å². The van der Waals surface area contributed by atoms with Gasteiger partial charge in [0.15, 0.2) is 17.5 Å². The lowest BCUT2D eigenvalue weighted by molar-refractivity contribution is 0.669. The summed E-state index contributed by atoms with van der Waals surface area (Å²) in [5.74, 6) is 1.85. The summed E-state index contributed by atoms with van der Waals surface area (Å²) in [5, 5.41) is 6.82. The Labute approximate surface area is 294 Å². The van der Waals surface area contributed by atoms with Gasteiger partial charge in [-0.1, -0.05) is 146 Å². The van der Waals surface area contributed by atoms with Crippen LogP contribution in [0.15, 0.2) is 180 Å². The highest BCUT2D eigenvalue weighted by atomic mass is 16.3. The second-order valence-corrected chi connectivity index (χ2v) is 12.8. The van der Waals surface area contributed by atoms with Crippen LogP contribution in [0, 0.1) is 0 Å². The van der Waals surface area contributed by atoms with Crippen molar-refractivity contribution in [1.29, 1.82) is 0 Å². The molecule has 4 heteroatoms. The zero-order valence-electron chi connectivity index (χ0n) is 27.5. The molecule has 2 heterocycles. The first-order valence-corrected chi connectivity index (χ1v) is 17.1. The van der Waals surface area contributed by atoms with Crippen molar-refractivity contribution in [3.63, 3.8) is 0 Å². The molecule has 0 radical (unpaired) electrons. The van der Waals surface area contributed by atoms with Gasteiger partial charge in [0, 0.05) is 27.5 Å². The molecule has 0 bridgehead atoms. The summed E-state index contributed by atoms with van der Waals surface area (Å²) in [5.41, 5.74) is 9.03. The number of benzene rings is 8. The lowest BCUT2D eigenvalue weighted by Gasteiger charge is -2.10. The molecule has 10 aromatic rings. The quantitative estimate of drug-likeness (QED) is 0.186. The van der Waals surface area contributed by atoms with Gasteiger partial charge in [-0.3, -0.25) is 0 Å². The minimum Gasteiger partial charge on any atom is -0.456 e. The third-order valence-corrected chi connectivity index (χ3v) is 9.69. The Bertz CT molecular complexity index is 2910. The molecule has 0 saturated carbocycles. The van der Waals surface area contributed by atoms with Crippen LogP contribution in [-0.4, -0.2) is 15.0 Å². The van der Waals surface area contributed by atoms with Crippen molar-refractivity contribution in [2.75, 3.05) is 0 Å². The van der Waals surface area contributed by atoms with Gasteiger partial charge in [-0.15, -0.1) is 0 Å². The van der Waals surface area contributed by atoms with Crippen LogP contribution in [0.1, 0.15) is 0 Å². The van der Waals surface area contributed by atoms with Gasteiger partial charge in [-0.2, -0.15) is 0 Å². The van der Waals surface area contributed by atoms with Crippen LogP contribution in [0.2, 0.25) is 0 Å². The summed E-state index contributed by atoms with van der Waals surface area (Å²) in [6.07, 6.45) is 0. The molecule has 0 atom stereocenters. The molecule has 0 fully saturated rings. The van der Waals surface area contributed by atoms with Crippen molar-refractivity contribution >= 4 is 43.5 Å². The number of aromatic nitrogens is 3. The van der Waals surface area contributed by atoms with Crippen molar-refractivity contribution in [1.82, 2.24) is 15.0 Å². The SMILES string of the molecule is c1ccc(-c2cccc(-c3cc4oc5cc(-c6nc(-c7ccccc7)nc(-c7ccc8ccccc8c7)n6)ccc5c4c4ccccc34)c2)cc1. The van der Waals surface area contributed by atoms with Crippen LogP contribution < -0.4 is 0 Å². The fourth-order valence-corrected chi connectivity index (χ4v) is 7.19. The van der Waals surface area contributed by atoms with E-state index < -0.39 is 0 Å². The summed E-state index contributed by atoms with van der Waals surface area (Å²) < 4.78 is 6.71. The molecule has 0 unspecified atom stereocenters. The minimum absolute atomic E-state index is 0.595. The maximum atomic E-state index is 6.71. The van der Waals surface area contributed by atoms with E-state index in [9.17, 15) is 0 Å². The van der Waals surface area contributed by atoms with Crippen molar-refractivity contribution in [3.8, 4) is 56.4 Å². The fraction of sp³-hybridized carbons (Fsp3) is 0. The first-order valence-electron chi connectivity index (χ1n) is 17.1. The molecule has 0 aliphatic rings. The van der Waals surface area contributed by atoms with Crippen LogP contribution in [0.25, 0.3) is 99.9 Å². The van der Waals surface area contributed by atoms with Gasteiger partial charge in [0.05, 0.1) is 0 Å². The lowest BCUT2D eigenvalue weighted by atomic mass is 9.93. The fourth-order valence-electron chi connectivity index (χ4n) is 7.19. The Morgan fingerprint density at radius 1 is 0.314 bits per heavy atom.